The van der Waals surface area contributed by atoms with Gasteiger partial charge in [-0.25, -0.2) is 0 Å². The van der Waals surface area contributed by atoms with E-state index in [2.05, 4.69) is 24.5 Å². The number of carbonyl (C=O) groups excluding carboxylic acids is 1. The molecule has 1 aromatic rings. The van der Waals surface area contributed by atoms with E-state index in [1.165, 1.54) is 12.8 Å². The molecule has 3 rings (SSSR count). The van der Waals surface area contributed by atoms with Gasteiger partial charge in [-0.2, -0.15) is 0 Å². The number of amides is 1. The Kier molecular flexibility index (Phi) is 6.35. The maximum Gasteiger partial charge on any atom is 0.233 e. The summed E-state index contributed by atoms with van der Waals surface area (Å²) in [4.78, 5) is 11.9. The molecule has 5 nitrogen and oxygen atoms in total. The first-order chi connectivity index (χ1) is 11.0. The zero-order chi connectivity index (χ0) is 16.3. The van der Waals surface area contributed by atoms with Gasteiger partial charge in [-0.15, -0.1) is 12.4 Å². The molecule has 0 radical (unpaired) electrons. The molecule has 0 spiro atoms. The van der Waals surface area contributed by atoms with E-state index in [0.717, 1.165) is 29.5 Å². The van der Waals surface area contributed by atoms with E-state index in [0.29, 0.717) is 26.3 Å². The Morgan fingerprint density at radius 3 is 2.62 bits per heavy atom. The monoisotopic (exact) mass is 354 g/mol. The third-order valence-corrected chi connectivity index (χ3v) is 4.47. The predicted octanol–water partition coefficient (Wildman–Crippen LogP) is 2.27. The second-order valence-corrected chi connectivity index (χ2v) is 7.09. The first-order valence-corrected chi connectivity index (χ1v) is 8.42. The van der Waals surface area contributed by atoms with E-state index >= 15 is 0 Å². The number of benzene rings is 1. The highest BCUT2D eigenvalue weighted by Crippen LogP contribution is 2.34. The van der Waals surface area contributed by atoms with E-state index in [1.54, 1.807) is 0 Å². The molecule has 24 heavy (non-hydrogen) atoms. The van der Waals surface area contributed by atoms with Gasteiger partial charge in [0.15, 0.2) is 11.5 Å². The van der Waals surface area contributed by atoms with Crippen molar-refractivity contribution in [3.63, 3.8) is 0 Å². The van der Waals surface area contributed by atoms with E-state index in [4.69, 9.17) is 9.47 Å². The topological polar surface area (TPSA) is 59.6 Å². The number of rotatable bonds is 7. The lowest BCUT2D eigenvalue weighted by Gasteiger charge is -2.28. The Balaban J connectivity index is 0.00000208. The summed E-state index contributed by atoms with van der Waals surface area (Å²) in [5.74, 6) is 2.43. The minimum Gasteiger partial charge on any atom is -0.486 e. The molecule has 0 unspecified atom stereocenters. The summed E-state index contributed by atoms with van der Waals surface area (Å²) in [7, 11) is 0. The van der Waals surface area contributed by atoms with Crippen LogP contribution >= 0.6 is 12.4 Å². The number of nitrogens with one attached hydrogen (secondary N) is 2. The average Bonchev–Trinajstić information content (AvgIpc) is 3.37. The van der Waals surface area contributed by atoms with Crippen LogP contribution in [-0.2, 0) is 10.2 Å². The molecule has 1 saturated carbocycles. The van der Waals surface area contributed by atoms with Crippen molar-refractivity contribution in [1.29, 1.82) is 0 Å². The van der Waals surface area contributed by atoms with Gasteiger partial charge < -0.3 is 20.1 Å². The normalized spacial score (nSPS) is 16.2. The van der Waals surface area contributed by atoms with Crippen molar-refractivity contribution >= 4 is 18.3 Å². The molecule has 0 aromatic heterocycles. The van der Waals surface area contributed by atoms with Gasteiger partial charge in [0.2, 0.25) is 5.91 Å². The number of fused-ring (bicyclic) bond motifs is 1. The Labute approximate surface area is 149 Å². The van der Waals surface area contributed by atoms with Crippen LogP contribution in [0.4, 0.5) is 0 Å². The van der Waals surface area contributed by atoms with Crippen molar-refractivity contribution in [3.05, 3.63) is 23.8 Å². The molecule has 2 aliphatic rings. The Morgan fingerprint density at radius 1 is 1.21 bits per heavy atom. The SMILES string of the molecule is CC(C)(CNC(=O)CNCC1CC1)c1ccc2c(c1)OCCO2.Cl. The maximum absolute atomic E-state index is 11.9. The average molecular weight is 355 g/mol. The molecular formula is C18H27ClN2O3. The fourth-order valence-electron chi connectivity index (χ4n) is 2.66. The van der Waals surface area contributed by atoms with Crippen LogP contribution in [-0.4, -0.2) is 38.8 Å². The number of hydrogen-bond acceptors (Lipinski definition) is 4. The van der Waals surface area contributed by atoms with Crippen LogP contribution in [0, 0.1) is 5.92 Å². The van der Waals surface area contributed by atoms with Crippen LogP contribution in [0.25, 0.3) is 0 Å². The molecule has 1 aromatic carbocycles. The largest absolute Gasteiger partial charge is 0.486 e. The quantitative estimate of drug-likeness (QED) is 0.788. The summed E-state index contributed by atoms with van der Waals surface area (Å²) in [5.41, 5.74) is 0.968. The number of hydrogen-bond donors (Lipinski definition) is 2. The van der Waals surface area contributed by atoms with Crippen molar-refractivity contribution in [2.24, 2.45) is 5.92 Å². The molecule has 6 heteroatoms. The molecule has 134 valence electrons. The lowest BCUT2D eigenvalue weighted by Crippen LogP contribution is -2.41. The van der Waals surface area contributed by atoms with Crippen molar-refractivity contribution in [2.45, 2.75) is 32.1 Å². The van der Waals surface area contributed by atoms with Crippen LogP contribution in [0.2, 0.25) is 0 Å². The highest BCUT2D eigenvalue weighted by Gasteiger charge is 2.24. The fraction of sp³-hybridized carbons (Fsp3) is 0.611. The molecular weight excluding hydrogens is 328 g/mol. The van der Waals surface area contributed by atoms with Gasteiger partial charge in [-0.3, -0.25) is 4.79 Å². The van der Waals surface area contributed by atoms with Gasteiger partial charge in [-0.1, -0.05) is 19.9 Å². The smallest absolute Gasteiger partial charge is 0.233 e. The van der Waals surface area contributed by atoms with Gasteiger partial charge in [0.05, 0.1) is 6.54 Å². The van der Waals surface area contributed by atoms with Crippen molar-refractivity contribution < 1.29 is 14.3 Å². The molecule has 1 aliphatic heterocycles. The summed E-state index contributed by atoms with van der Waals surface area (Å²) < 4.78 is 11.2. The Hall–Kier alpha value is -1.46. The van der Waals surface area contributed by atoms with Crippen molar-refractivity contribution in [3.8, 4) is 11.5 Å². The first-order valence-electron chi connectivity index (χ1n) is 8.42. The van der Waals surface area contributed by atoms with Gasteiger partial charge >= 0.3 is 0 Å². The number of halogens is 1. The predicted molar refractivity (Wildman–Crippen MR) is 96.3 cm³/mol. The Morgan fingerprint density at radius 2 is 1.92 bits per heavy atom. The highest BCUT2D eigenvalue weighted by atomic mass is 35.5. The van der Waals surface area contributed by atoms with Gasteiger partial charge in [0.25, 0.3) is 0 Å². The minimum absolute atomic E-state index is 0. The number of carbonyl (C=O) groups is 1. The first kappa shape index (κ1) is 18.9. The van der Waals surface area contributed by atoms with Crippen LogP contribution in [0.3, 0.4) is 0 Å². The van der Waals surface area contributed by atoms with E-state index in [9.17, 15) is 4.79 Å². The van der Waals surface area contributed by atoms with Crippen LogP contribution in [0.5, 0.6) is 11.5 Å². The van der Waals surface area contributed by atoms with E-state index < -0.39 is 0 Å². The zero-order valence-corrected chi connectivity index (χ0v) is 15.2. The molecule has 1 aliphatic carbocycles. The summed E-state index contributed by atoms with van der Waals surface area (Å²) in [6, 6.07) is 6.02. The van der Waals surface area contributed by atoms with E-state index in [-0.39, 0.29) is 23.7 Å². The van der Waals surface area contributed by atoms with Gasteiger partial charge in [-0.05, 0) is 43.0 Å². The summed E-state index contributed by atoms with van der Waals surface area (Å²) >= 11 is 0. The molecule has 1 heterocycles. The summed E-state index contributed by atoms with van der Waals surface area (Å²) in [6.07, 6.45) is 2.59. The second-order valence-electron chi connectivity index (χ2n) is 7.09. The van der Waals surface area contributed by atoms with Gasteiger partial charge in [0.1, 0.15) is 13.2 Å². The molecule has 0 bridgehead atoms. The third kappa shape index (κ3) is 5.02. The molecule has 2 N–H and O–H groups in total. The highest BCUT2D eigenvalue weighted by molar-refractivity contribution is 5.85. The number of ether oxygens (including phenoxy) is 2. The van der Waals surface area contributed by atoms with Crippen molar-refractivity contribution in [1.82, 2.24) is 10.6 Å². The van der Waals surface area contributed by atoms with Gasteiger partial charge in [0, 0.05) is 12.0 Å². The third-order valence-electron chi connectivity index (χ3n) is 4.47. The fourth-order valence-corrected chi connectivity index (χ4v) is 2.66. The lowest BCUT2D eigenvalue weighted by molar-refractivity contribution is -0.120. The summed E-state index contributed by atoms with van der Waals surface area (Å²) in [6.45, 7) is 7.37. The van der Waals surface area contributed by atoms with E-state index in [1.807, 2.05) is 18.2 Å². The zero-order valence-electron chi connectivity index (χ0n) is 14.4. The van der Waals surface area contributed by atoms with Crippen molar-refractivity contribution in [2.75, 3.05) is 32.8 Å². The maximum atomic E-state index is 11.9. The van der Waals surface area contributed by atoms with Crippen LogP contribution < -0.4 is 20.1 Å². The lowest BCUT2D eigenvalue weighted by atomic mass is 9.84. The Bertz CT molecular complexity index is 573. The molecule has 0 saturated heterocycles. The minimum atomic E-state index is -0.165. The second kappa shape index (κ2) is 8.08. The van der Waals surface area contributed by atoms with Crippen LogP contribution in [0.1, 0.15) is 32.3 Å². The standard InChI is InChI=1S/C18H26N2O3.ClH/c1-18(2,12-20-17(21)11-19-10-13-3-4-13)14-5-6-15-16(9-14)23-8-7-22-15;/h5-6,9,13,19H,3-4,7-8,10-12H2,1-2H3,(H,20,21);1H. The van der Waals surface area contributed by atoms with Crippen LogP contribution in [0.15, 0.2) is 18.2 Å². The molecule has 1 amide bonds. The summed E-state index contributed by atoms with van der Waals surface area (Å²) in [5, 5.41) is 6.24. The molecule has 1 fully saturated rings. The molecule has 0 atom stereocenters.